The smallest absolute Gasteiger partial charge is 0.421 e. The molecule has 2 aromatic carbocycles. The van der Waals surface area contributed by atoms with Gasteiger partial charge in [0.2, 0.25) is 5.95 Å². The molecule has 1 saturated heterocycles. The largest absolute Gasteiger partial charge is 0.494 e. The van der Waals surface area contributed by atoms with E-state index in [1.54, 1.807) is 25.1 Å². The second-order valence-corrected chi connectivity index (χ2v) is 14.2. The van der Waals surface area contributed by atoms with E-state index in [4.69, 9.17) is 4.74 Å². The molecule has 14 heteroatoms. The molecule has 3 aromatic rings. The van der Waals surface area contributed by atoms with Gasteiger partial charge in [-0.1, -0.05) is 12.1 Å². The van der Waals surface area contributed by atoms with E-state index in [0.29, 0.717) is 47.0 Å². The Morgan fingerprint density at radius 2 is 1.74 bits per heavy atom. The molecule has 4 saturated carbocycles. The minimum atomic E-state index is -4.75. The second kappa shape index (κ2) is 12.9. The molecule has 0 radical (unpaired) electrons. The molecule has 266 valence electrons. The number of carbonyl (C=O) groups excluding carboxylic acids is 1. The van der Waals surface area contributed by atoms with Crippen molar-refractivity contribution in [2.75, 3.05) is 55.9 Å². The molecule has 4 N–H and O–H groups in total. The van der Waals surface area contributed by atoms with Crippen molar-refractivity contribution in [3.8, 4) is 5.75 Å². The minimum Gasteiger partial charge on any atom is -0.494 e. The average molecular weight is 694 g/mol. The standard InChI is InChI=1S/C36H42F3N7O4/c1-20-5-4-6-25(32(47)40-2)29(20)43-31-26(36(37,38)39)19-41-34(44-31)42-27-8-7-24(15-28(27)50-3)45-9-11-46(12-10-45)30-22-13-21-14-23(30)18-35(16-21,17-22)33(48)49/h4-8,15,19,21-23,30H,9-14,16-18H2,1-3H3,(H,40,47)(H,48,49)(H2,41,42,43,44). The molecule has 4 aliphatic carbocycles. The van der Waals surface area contributed by atoms with E-state index in [2.05, 4.69) is 35.7 Å². The van der Waals surface area contributed by atoms with E-state index >= 15 is 0 Å². The fourth-order valence-corrected chi connectivity index (χ4v) is 9.26. The fourth-order valence-electron chi connectivity index (χ4n) is 9.26. The lowest BCUT2D eigenvalue weighted by Gasteiger charge is -2.61. The van der Waals surface area contributed by atoms with Crippen LogP contribution in [0.5, 0.6) is 5.75 Å². The lowest BCUT2D eigenvalue weighted by molar-refractivity contribution is -0.173. The summed E-state index contributed by atoms with van der Waals surface area (Å²) < 4.78 is 47.9. The number of ether oxygens (including phenoxy) is 1. The first-order valence-corrected chi connectivity index (χ1v) is 17.1. The van der Waals surface area contributed by atoms with Crippen LogP contribution in [-0.2, 0) is 11.0 Å². The van der Waals surface area contributed by atoms with E-state index in [9.17, 15) is 27.9 Å². The maximum atomic E-state index is 14.1. The van der Waals surface area contributed by atoms with Crippen LogP contribution in [0, 0.1) is 30.1 Å². The van der Waals surface area contributed by atoms with Gasteiger partial charge >= 0.3 is 12.1 Å². The van der Waals surface area contributed by atoms with Crippen molar-refractivity contribution in [1.82, 2.24) is 20.2 Å². The van der Waals surface area contributed by atoms with Crippen LogP contribution in [0.4, 0.5) is 42.0 Å². The average Bonchev–Trinajstić information content (AvgIpc) is 3.08. The number of para-hydroxylation sites is 1. The summed E-state index contributed by atoms with van der Waals surface area (Å²) in [6.45, 7) is 5.10. The number of hydrogen-bond acceptors (Lipinski definition) is 9. The molecule has 8 rings (SSSR count). The topological polar surface area (TPSA) is 132 Å². The minimum absolute atomic E-state index is 0.0874. The van der Waals surface area contributed by atoms with Crippen molar-refractivity contribution >= 4 is 40.7 Å². The number of aryl methyl sites for hydroxylation is 1. The Kier molecular flexibility index (Phi) is 8.77. The summed E-state index contributed by atoms with van der Waals surface area (Å²) in [6.07, 6.45) is 0.692. The zero-order valence-electron chi connectivity index (χ0n) is 28.3. The molecular weight excluding hydrogens is 651 g/mol. The molecule has 4 bridgehead atoms. The molecule has 1 amide bonds. The predicted octanol–water partition coefficient (Wildman–Crippen LogP) is 6.06. The highest BCUT2D eigenvalue weighted by Crippen LogP contribution is 2.61. The van der Waals surface area contributed by atoms with Crippen LogP contribution in [0.2, 0.25) is 0 Å². The number of methoxy groups -OCH3 is 1. The first kappa shape index (κ1) is 33.9. The second-order valence-electron chi connectivity index (χ2n) is 14.2. The van der Waals surface area contributed by atoms with Gasteiger partial charge in [0, 0.05) is 57.2 Å². The number of nitrogens with one attached hydrogen (secondary N) is 3. The molecule has 2 unspecified atom stereocenters. The normalized spacial score (nSPS) is 26.1. The Hall–Kier alpha value is -4.59. The number of carboxylic acid groups (broad SMARTS) is 1. The van der Waals surface area contributed by atoms with Crippen LogP contribution < -0.4 is 25.6 Å². The quantitative estimate of drug-likeness (QED) is 0.210. The first-order chi connectivity index (χ1) is 23.9. The summed E-state index contributed by atoms with van der Waals surface area (Å²) in [7, 11) is 2.97. The van der Waals surface area contributed by atoms with Gasteiger partial charge in [-0.15, -0.1) is 0 Å². The highest BCUT2D eigenvalue weighted by atomic mass is 19.4. The zero-order valence-corrected chi connectivity index (χ0v) is 28.3. The number of halogens is 3. The van der Waals surface area contributed by atoms with Crippen LogP contribution in [-0.4, -0.2) is 78.2 Å². The Morgan fingerprint density at radius 1 is 1.02 bits per heavy atom. The number of benzene rings is 2. The van der Waals surface area contributed by atoms with Gasteiger partial charge in [0.25, 0.3) is 5.91 Å². The Morgan fingerprint density at radius 3 is 2.38 bits per heavy atom. The summed E-state index contributed by atoms with van der Waals surface area (Å²) >= 11 is 0. The summed E-state index contributed by atoms with van der Waals surface area (Å²) in [5, 5.41) is 18.3. The molecule has 5 fully saturated rings. The van der Waals surface area contributed by atoms with Gasteiger partial charge in [-0.25, -0.2) is 4.98 Å². The van der Waals surface area contributed by atoms with Gasteiger partial charge in [0.05, 0.1) is 29.5 Å². The molecule has 2 heterocycles. The third-order valence-electron chi connectivity index (χ3n) is 11.3. The van der Waals surface area contributed by atoms with E-state index in [-0.39, 0.29) is 17.2 Å². The van der Waals surface area contributed by atoms with Crippen molar-refractivity contribution < 1.29 is 32.6 Å². The molecular formula is C36H42F3N7O4. The maximum Gasteiger partial charge on any atom is 0.421 e. The first-order valence-electron chi connectivity index (χ1n) is 17.1. The summed E-state index contributed by atoms with van der Waals surface area (Å²) in [5.41, 5.74) is 0.790. The zero-order chi connectivity index (χ0) is 35.4. The molecule has 5 aliphatic rings. The molecule has 0 spiro atoms. The Bertz CT molecular complexity index is 1780. The Balaban J connectivity index is 1.06. The third-order valence-corrected chi connectivity index (χ3v) is 11.3. The Labute approximate surface area is 288 Å². The van der Waals surface area contributed by atoms with Crippen molar-refractivity contribution in [2.45, 2.75) is 51.2 Å². The lowest BCUT2D eigenvalue weighted by atomic mass is 9.47. The van der Waals surface area contributed by atoms with Gasteiger partial charge in [-0.2, -0.15) is 18.2 Å². The molecule has 1 aromatic heterocycles. The number of carbonyl (C=O) groups is 2. The summed E-state index contributed by atoms with van der Waals surface area (Å²) in [4.78, 5) is 37.7. The predicted molar refractivity (Wildman–Crippen MR) is 182 cm³/mol. The number of piperazine rings is 1. The van der Waals surface area contributed by atoms with Crippen LogP contribution >= 0.6 is 0 Å². The van der Waals surface area contributed by atoms with Crippen LogP contribution in [0.3, 0.4) is 0 Å². The van der Waals surface area contributed by atoms with Gasteiger partial charge in [-0.3, -0.25) is 14.5 Å². The van der Waals surface area contributed by atoms with Crippen molar-refractivity contribution in [3.63, 3.8) is 0 Å². The molecule has 2 atom stereocenters. The van der Waals surface area contributed by atoms with E-state index in [0.717, 1.165) is 64.0 Å². The summed E-state index contributed by atoms with van der Waals surface area (Å²) in [5.74, 6) is 0.280. The number of alkyl halides is 3. The van der Waals surface area contributed by atoms with Gasteiger partial charge < -0.3 is 30.7 Å². The molecule has 11 nitrogen and oxygen atoms in total. The molecule has 1 aliphatic heterocycles. The van der Waals surface area contributed by atoms with Crippen LogP contribution in [0.1, 0.15) is 53.6 Å². The monoisotopic (exact) mass is 693 g/mol. The number of hydrogen-bond donors (Lipinski definition) is 4. The fraction of sp³-hybridized carbons (Fsp3) is 0.500. The number of anilines is 5. The third kappa shape index (κ3) is 6.18. The van der Waals surface area contributed by atoms with Crippen LogP contribution in [0.15, 0.2) is 42.6 Å². The maximum absolute atomic E-state index is 14.1. The summed E-state index contributed by atoms with van der Waals surface area (Å²) in [6, 6.07) is 10.9. The van der Waals surface area contributed by atoms with Gasteiger partial charge in [-0.05, 0) is 80.5 Å². The number of carboxylic acids is 1. The number of nitrogens with zero attached hydrogens (tertiary/aromatic N) is 4. The number of rotatable bonds is 9. The van der Waals surface area contributed by atoms with E-state index < -0.39 is 34.8 Å². The lowest BCUT2D eigenvalue weighted by Crippen LogP contribution is -2.63. The van der Waals surface area contributed by atoms with Crippen molar-refractivity contribution in [2.24, 2.45) is 23.2 Å². The number of amides is 1. The molecule has 50 heavy (non-hydrogen) atoms. The van der Waals surface area contributed by atoms with Gasteiger partial charge in [0.1, 0.15) is 17.1 Å². The van der Waals surface area contributed by atoms with Gasteiger partial charge in [0.15, 0.2) is 0 Å². The number of aromatic nitrogens is 2. The highest BCUT2D eigenvalue weighted by molar-refractivity contribution is 6.00. The highest BCUT2D eigenvalue weighted by Gasteiger charge is 2.59. The van der Waals surface area contributed by atoms with Crippen molar-refractivity contribution in [1.29, 1.82) is 0 Å². The number of aliphatic carboxylic acids is 1. The van der Waals surface area contributed by atoms with E-state index in [1.807, 2.05) is 12.1 Å². The van der Waals surface area contributed by atoms with Crippen molar-refractivity contribution in [3.05, 3.63) is 59.3 Å². The van der Waals surface area contributed by atoms with Crippen LogP contribution in [0.25, 0.3) is 0 Å². The van der Waals surface area contributed by atoms with E-state index in [1.165, 1.54) is 20.2 Å². The SMILES string of the molecule is CNC(=O)c1cccc(C)c1Nc1nc(Nc2ccc(N3CCN(C4C5CC6CC4CC(C(=O)O)(C6)C5)CC3)cc2OC)ncc1C(F)(F)F.